The monoisotopic (exact) mass is 717 g/mol. The molecule has 8 aromatic carbocycles. The molecule has 11 rings (SSSR count). The molecule has 0 aliphatic heterocycles. The number of hydrogen-bond acceptors (Lipinski definition) is 4. The van der Waals surface area contributed by atoms with Crippen LogP contribution in [0.2, 0.25) is 0 Å². The van der Waals surface area contributed by atoms with E-state index in [2.05, 4.69) is 171 Å². The van der Waals surface area contributed by atoms with Crippen molar-refractivity contribution >= 4 is 49.6 Å². The van der Waals surface area contributed by atoms with Crippen LogP contribution in [0.4, 0.5) is 0 Å². The molecule has 0 radical (unpaired) electrons. The van der Waals surface area contributed by atoms with E-state index in [9.17, 15) is 0 Å². The molecule has 0 N–H and O–H groups in total. The molecule has 4 heteroatoms. The summed E-state index contributed by atoms with van der Waals surface area (Å²) in [7, 11) is 0. The Bertz CT molecular complexity index is 3190. The molecule has 1 aliphatic carbocycles. The molecule has 4 nitrogen and oxygen atoms in total. The minimum atomic E-state index is 0.571. The van der Waals surface area contributed by atoms with Crippen LogP contribution in [0.1, 0.15) is 18.1 Å². The van der Waals surface area contributed by atoms with Gasteiger partial charge in [0.25, 0.3) is 0 Å². The Morgan fingerprint density at radius 2 is 1.05 bits per heavy atom. The molecule has 1 aliphatic rings. The van der Waals surface area contributed by atoms with Crippen molar-refractivity contribution in [2.45, 2.75) is 13.3 Å². The number of para-hydroxylation sites is 1. The molecule has 0 amide bonds. The lowest BCUT2D eigenvalue weighted by molar-refractivity contribution is 0.669. The van der Waals surface area contributed by atoms with E-state index in [4.69, 9.17) is 19.4 Å². The highest BCUT2D eigenvalue weighted by Gasteiger charge is 2.20. The summed E-state index contributed by atoms with van der Waals surface area (Å²) in [5.74, 6) is 2.40. The maximum atomic E-state index is 6.56. The van der Waals surface area contributed by atoms with Gasteiger partial charge in [-0.15, -0.1) is 0 Å². The molecule has 1 unspecified atom stereocenters. The van der Waals surface area contributed by atoms with Crippen molar-refractivity contribution in [3.05, 3.63) is 181 Å². The van der Waals surface area contributed by atoms with Gasteiger partial charge in [0.05, 0.1) is 0 Å². The lowest BCUT2D eigenvalue weighted by Gasteiger charge is -2.17. The van der Waals surface area contributed by atoms with Crippen molar-refractivity contribution in [2.24, 2.45) is 5.92 Å². The summed E-state index contributed by atoms with van der Waals surface area (Å²) in [5, 5.41) is 6.69. The van der Waals surface area contributed by atoms with Gasteiger partial charge < -0.3 is 4.42 Å². The summed E-state index contributed by atoms with van der Waals surface area (Å²) < 4.78 is 6.56. The van der Waals surface area contributed by atoms with Gasteiger partial charge in [-0.05, 0) is 104 Å². The summed E-state index contributed by atoms with van der Waals surface area (Å²) in [6, 6.07) is 57.8. The van der Waals surface area contributed by atoms with Crippen molar-refractivity contribution in [2.75, 3.05) is 0 Å². The largest absolute Gasteiger partial charge is 0.456 e. The molecule has 56 heavy (non-hydrogen) atoms. The van der Waals surface area contributed by atoms with E-state index in [1.807, 2.05) is 12.1 Å². The normalized spacial score (nSPS) is 13.8. The molecule has 0 saturated heterocycles. The van der Waals surface area contributed by atoms with E-state index in [0.717, 1.165) is 67.1 Å². The number of furan rings is 1. The molecular formula is C52H35N3O. The second-order valence-electron chi connectivity index (χ2n) is 15.0. The van der Waals surface area contributed by atoms with Crippen LogP contribution in [-0.4, -0.2) is 15.0 Å². The summed E-state index contributed by atoms with van der Waals surface area (Å²) in [6.07, 6.45) is 5.65. The number of aromatic nitrogens is 3. The van der Waals surface area contributed by atoms with Crippen LogP contribution in [-0.2, 0) is 6.42 Å². The molecule has 0 spiro atoms. The average molecular weight is 718 g/mol. The maximum absolute atomic E-state index is 6.56. The van der Waals surface area contributed by atoms with Gasteiger partial charge in [0.1, 0.15) is 11.2 Å². The van der Waals surface area contributed by atoms with Crippen molar-refractivity contribution in [3.63, 3.8) is 0 Å². The molecule has 0 bridgehead atoms. The van der Waals surface area contributed by atoms with Gasteiger partial charge in [-0.3, -0.25) is 0 Å². The van der Waals surface area contributed by atoms with Gasteiger partial charge in [-0.1, -0.05) is 146 Å². The number of nitrogens with zero attached hydrogens (tertiary/aromatic N) is 3. The molecule has 0 fully saturated rings. The predicted molar refractivity (Wildman–Crippen MR) is 231 cm³/mol. The van der Waals surface area contributed by atoms with E-state index < -0.39 is 0 Å². The summed E-state index contributed by atoms with van der Waals surface area (Å²) in [6.45, 7) is 2.27. The molecule has 264 valence electrons. The predicted octanol–water partition coefficient (Wildman–Crippen LogP) is 13.6. The lowest BCUT2D eigenvalue weighted by atomic mass is 9.88. The highest BCUT2D eigenvalue weighted by Crippen LogP contribution is 2.41. The van der Waals surface area contributed by atoms with Crippen LogP contribution in [0.5, 0.6) is 0 Å². The fraction of sp³-hybridized carbons (Fsp3) is 0.0577. The lowest BCUT2D eigenvalue weighted by Crippen LogP contribution is -2.03. The third kappa shape index (κ3) is 5.66. The van der Waals surface area contributed by atoms with E-state index >= 15 is 0 Å². The van der Waals surface area contributed by atoms with Crippen LogP contribution in [0, 0.1) is 5.92 Å². The quantitative estimate of drug-likeness (QED) is 0.178. The number of hydrogen-bond donors (Lipinski definition) is 0. The van der Waals surface area contributed by atoms with E-state index in [0.29, 0.717) is 23.4 Å². The summed E-state index contributed by atoms with van der Waals surface area (Å²) >= 11 is 0. The number of rotatable bonds is 5. The van der Waals surface area contributed by atoms with Crippen LogP contribution in [0.15, 0.2) is 174 Å². The van der Waals surface area contributed by atoms with Crippen LogP contribution in [0.25, 0.3) is 106 Å². The highest BCUT2D eigenvalue weighted by molar-refractivity contribution is 6.13. The Morgan fingerprint density at radius 3 is 1.84 bits per heavy atom. The van der Waals surface area contributed by atoms with Crippen LogP contribution < -0.4 is 0 Å². The first-order chi connectivity index (χ1) is 27.6. The maximum Gasteiger partial charge on any atom is 0.164 e. The molecule has 1 atom stereocenters. The number of benzene rings is 8. The topological polar surface area (TPSA) is 51.8 Å². The zero-order valence-electron chi connectivity index (χ0n) is 30.8. The summed E-state index contributed by atoms with van der Waals surface area (Å²) in [5.41, 5.74) is 11.6. The second-order valence-corrected chi connectivity index (χ2v) is 15.0. The standard InChI is InChI=1S/C52H35N3O/c1-32-14-15-41-28-40(24-23-39(41)26-32)35-16-20-36(21-17-35)50-53-51(43-25-19-34-9-3-5-11-38(34)29-43)55-52(54-50)46-30-44(42-22-18-33-8-2-4-10-37(33)27-42)31-48-49(46)45-12-6-7-13-47(45)56-48/h2-25,27-32H,26H2,1H3. The number of allylic oxidation sites excluding steroid dienone is 1. The Balaban J connectivity index is 1.10. The average Bonchev–Trinajstić information content (AvgIpc) is 3.64. The molecular weight excluding hydrogens is 683 g/mol. The van der Waals surface area contributed by atoms with Crippen LogP contribution in [0.3, 0.4) is 0 Å². The SMILES string of the molecule is CC1C=Cc2cc(-c3ccc(-c4nc(-c5ccc6ccccc6c5)nc(-c5cc(-c6ccc7ccccc7c6)cc6oc7ccccc7c56)n4)cc3)ccc2C1. The first-order valence-corrected chi connectivity index (χ1v) is 19.2. The van der Waals surface area contributed by atoms with Gasteiger partial charge in [0, 0.05) is 27.5 Å². The first-order valence-electron chi connectivity index (χ1n) is 19.2. The zero-order chi connectivity index (χ0) is 37.2. The van der Waals surface area contributed by atoms with Crippen LogP contribution >= 0.6 is 0 Å². The molecule has 10 aromatic rings. The van der Waals surface area contributed by atoms with Gasteiger partial charge in [0.15, 0.2) is 17.5 Å². The molecule has 2 aromatic heterocycles. The molecule has 2 heterocycles. The highest BCUT2D eigenvalue weighted by atomic mass is 16.3. The van der Waals surface area contributed by atoms with E-state index in [1.54, 1.807) is 0 Å². The van der Waals surface area contributed by atoms with Crippen molar-refractivity contribution in [3.8, 4) is 56.4 Å². The first kappa shape index (κ1) is 32.3. The van der Waals surface area contributed by atoms with Gasteiger partial charge >= 0.3 is 0 Å². The van der Waals surface area contributed by atoms with Gasteiger partial charge in [-0.2, -0.15) is 0 Å². The third-order valence-electron chi connectivity index (χ3n) is 11.2. The van der Waals surface area contributed by atoms with Crippen molar-refractivity contribution in [1.29, 1.82) is 0 Å². The fourth-order valence-corrected chi connectivity index (χ4v) is 8.26. The van der Waals surface area contributed by atoms with E-state index in [-0.39, 0.29) is 0 Å². The smallest absolute Gasteiger partial charge is 0.164 e. The van der Waals surface area contributed by atoms with Crippen molar-refractivity contribution in [1.82, 2.24) is 15.0 Å². The second kappa shape index (κ2) is 13.0. The van der Waals surface area contributed by atoms with Crippen molar-refractivity contribution < 1.29 is 4.42 Å². The van der Waals surface area contributed by atoms with Gasteiger partial charge in [-0.25, -0.2) is 15.0 Å². The Kier molecular flexibility index (Phi) is 7.49. The Hall–Kier alpha value is -7.17. The van der Waals surface area contributed by atoms with Gasteiger partial charge in [0.2, 0.25) is 0 Å². The third-order valence-corrected chi connectivity index (χ3v) is 11.2. The Labute approximate surface area is 324 Å². The summed E-state index contributed by atoms with van der Waals surface area (Å²) in [4.78, 5) is 15.7. The fourth-order valence-electron chi connectivity index (χ4n) is 8.26. The zero-order valence-corrected chi connectivity index (χ0v) is 30.8. The van der Waals surface area contributed by atoms with E-state index in [1.165, 1.54) is 32.8 Å². The minimum absolute atomic E-state index is 0.571. The number of fused-ring (bicyclic) bond motifs is 6. The minimum Gasteiger partial charge on any atom is -0.456 e. The Morgan fingerprint density at radius 1 is 0.464 bits per heavy atom. The molecule has 0 saturated carbocycles.